The van der Waals surface area contributed by atoms with E-state index in [1.54, 1.807) is 0 Å². The summed E-state index contributed by atoms with van der Waals surface area (Å²) in [5, 5.41) is 9.47. The molecule has 1 N–H and O–H groups in total. The van der Waals surface area contributed by atoms with Gasteiger partial charge in [-0.15, -0.1) is 0 Å². The minimum absolute atomic E-state index is 0.686. The Labute approximate surface area is 99.0 Å². The fourth-order valence-electron chi connectivity index (χ4n) is 1.22. The maximum absolute atomic E-state index is 12.7. The Morgan fingerprint density at radius 3 is 1.82 bits per heavy atom. The normalized spacial score (nSPS) is 16.8. The second kappa shape index (κ2) is 5.25. The summed E-state index contributed by atoms with van der Waals surface area (Å²) < 4.78 is 42.8. The number of esters is 1. The zero-order valence-corrected chi connectivity index (χ0v) is 10.6. The molecule has 0 aromatic carbocycles. The third-order valence-corrected chi connectivity index (χ3v) is 2.04. The van der Waals surface area contributed by atoms with E-state index in [-0.39, 0.29) is 0 Å². The SMILES string of the molecule is CC(C)[C@@H](O)[C@H](C(=O)OC(C)(C)C)C(F)(F)F. The Hall–Kier alpha value is -0.780. The second-order valence-electron chi connectivity index (χ2n) is 5.29. The molecule has 0 aliphatic rings. The van der Waals surface area contributed by atoms with Crippen molar-refractivity contribution in [2.24, 2.45) is 11.8 Å². The van der Waals surface area contributed by atoms with Crippen molar-refractivity contribution in [2.45, 2.75) is 52.5 Å². The quantitative estimate of drug-likeness (QED) is 0.789. The lowest BCUT2D eigenvalue weighted by molar-refractivity contribution is -0.224. The van der Waals surface area contributed by atoms with E-state index in [0.29, 0.717) is 0 Å². The van der Waals surface area contributed by atoms with Crippen molar-refractivity contribution in [3.8, 4) is 0 Å². The van der Waals surface area contributed by atoms with Gasteiger partial charge >= 0.3 is 12.1 Å². The van der Waals surface area contributed by atoms with Crippen LogP contribution >= 0.6 is 0 Å². The van der Waals surface area contributed by atoms with Crippen molar-refractivity contribution < 1.29 is 27.8 Å². The van der Waals surface area contributed by atoms with E-state index in [2.05, 4.69) is 4.74 Å². The number of rotatable bonds is 3. The highest BCUT2D eigenvalue weighted by molar-refractivity contribution is 5.74. The van der Waals surface area contributed by atoms with Crippen LogP contribution in [0.15, 0.2) is 0 Å². The number of aliphatic hydroxyl groups is 1. The van der Waals surface area contributed by atoms with Crippen LogP contribution < -0.4 is 0 Å². The Balaban J connectivity index is 5.02. The van der Waals surface area contributed by atoms with Crippen LogP contribution in [0.3, 0.4) is 0 Å². The maximum Gasteiger partial charge on any atom is 0.404 e. The largest absolute Gasteiger partial charge is 0.459 e. The molecule has 0 aromatic heterocycles. The first-order valence-electron chi connectivity index (χ1n) is 5.34. The van der Waals surface area contributed by atoms with E-state index in [1.165, 1.54) is 34.6 Å². The highest BCUT2D eigenvalue weighted by atomic mass is 19.4. The van der Waals surface area contributed by atoms with Crippen LogP contribution in [0.4, 0.5) is 13.2 Å². The summed E-state index contributed by atoms with van der Waals surface area (Å²) >= 11 is 0. The number of halogens is 3. The molecular weight excluding hydrogens is 237 g/mol. The van der Waals surface area contributed by atoms with Crippen LogP contribution in [0, 0.1) is 11.8 Å². The van der Waals surface area contributed by atoms with Crippen molar-refractivity contribution in [2.75, 3.05) is 0 Å². The summed E-state index contributed by atoms with van der Waals surface area (Å²) in [6.07, 6.45) is -6.61. The zero-order valence-electron chi connectivity index (χ0n) is 10.6. The van der Waals surface area contributed by atoms with Crippen LogP contribution in [0.5, 0.6) is 0 Å². The summed E-state index contributed by atoms with van der Waals surface area (Å²) in [7, 11) is 0. The second-order valence-corrected chi connectivity index (χ2v) is 5.29. The van der Waals surface area contributed by atoms with E-state index in [0.717, 1.165) is 0 Å². The first kappa shape index (κ1) is 16.2. The van der Waals surface area contributed by atoms with Crippen LogP contribution in [-0.2, 0) is 9.53 Å². The average molecular weight is 256 g/mol. The zero-order chi connectivity index (χ0) is 14.0. The van der Waals surface area contributed by atoms with Crippen molar-refractivity contribution in [3.05, 3.63) is 0 Å². The molecule has 0 fully saturated rings. The number of hydrogen-bond donors (Lipinski definition) is 1. The number of carbonyl (C=O) groups excluding carboxylic acids is 1. The Morgan fingerprint density at radius 1 is 1.18 bits per heavy atom. The molecule has 0 saturated heterocycles. The van der Waals surface area contributed by atoms with Gasteiger partial charge in [0.1, 0.15) is 5.60 Å². The lowest BCUT2D eigenvalue weighted by atomic mass is 9.92. The molecule has 0 saturated carbocycles. The van der Waals surface area contributed by atoms with Crippen LogP contribution in [0.2, 0.25) is 0 Å². The molecule has 0 aliphatic heterocycles. The Kier molecular flexibility index (Phi) is 5.01. The summed E-state index contributed by atoms with van der Waals surface area (Å²) in [4.78, 5) is 11.4. The molecule has 6 heteroatoms. The Morgan fingerprint density at radius 2 is 1.59 bits per heavy atom. The van der Waals surface area contributed by atoms with Crippen molar-refractivity contribution in [1.82, 2.24) is 0 Å². The first-order valence-corrected chi connectivity index (χ1v) is 5.34. The summed E-state index contributed by atoms with van der Waals surface area (Å²) in [6, 6.07) is 0. The lowest BCUT2D eigenvalue weighted by Gasteiger charge is -2.29. The van der Waals surface area contributed by atoms with Gasteiger partial charge in [-0.05, 0) is 26.7 Å². The Bertz CT molecular complexity index is 266. The third kappa shape index (κ3) is 5.39. The van der Waals surface area contributed by atoms with Gasteiger partial charge in [0, 0.05) is 0 Å². The number of carbonyl (C=O) groups is 1. The molecule has 0 rings (SSSR count). The molecule has 17 heavy (non-hydrogen) atoms. The molecule has 0 heterocycles. The highest BCUT2D eigenvalue weighted by Gasteiger charge is 2.51. The summed E-state index contributed by atoms with van der Waals surface area (Å²) in [5.41, 5.74) is -1.02. The smallest absolute Gasteiger partial charge is 0.404 e. The van der Waals surface area contributed by atoms with Gasteiger partial charge in [-0.2, -0.15) is 13.2 Å². The van der Waals surface area contributed by atoms with Gasteiger partial charge in [0.05, 0.1) is 6.10 Å². The molecule has 0 aliphatic carbocycles. The molecule has 2 atom stereocenters. The lowest BCUT2D eigenvalue weighted by Crippen LogP contribution is -2.45. The highest BCUT2D eigenvalue weighted by Crippen LogP contribution is 2.33. The van der Waals surface area contributed by atoms with Crippen LogP contribution in [0.25, 0.3) is 0 Å². The monoisotopic (exact) mass is 256 g/mol. The fraction of sp³-hybridized carbons (Fsp3) is 0.909. The average Bonchev–Trinajstić information content (AvgIpc) is 1.96. The van der Waals surface area contributed by atoms with Crippen LogP contribution in [0.1, 0.15) is 34.6 Å². The first-order chi connectivity index (χ1) is 7.36. The van der Waals surface area contributed by atoms with Crippen molar-refractivity contribution in [1.29, 1.82) is 0 Å². The molecule has 0 aromatic rings. The predicted octanol–water partition coefficient (Wildman–Crippen LogP) is 2.52. The molecular formula is C11H19F3O3. The van der Waals surface area contributed by atoms with Gasteiger partial charge in [0.15, 0.2) is 5.92 Å². The summed E-state index contributed by atoms with van der Waals surface area (Å²) in [5.74, 6) is -4.62. The van der Waals surface area contributed by atoms with E-state index in [1.807, 2.05) is 0 Å². The van der Waals surface area contributed by atoms with Gasteiger partial charge in [0.2, 0.25) is 0 Å². The van der Waals surface area contributed by atoms with E-state index in [9.17, 15) is 23.1 Å². The van der Waals surface area contributed by atoms with Gasteiger partial charge in [0.25, 0.3) is 0 Å². The summed E-state index contributed by atoms with van der Waals surface area (Å²) in [6.45, 7) is 7.24. The topological polar surface area (TPSA) is 46.5 Å². The minimum Gasteiger partial charge on any atom is -0.459 e. The molecule has 0 bridgehead atoms. The number of aliphatic hydroxyl groups excluding tert-OH is 1. The fourth-order valence-corrected chi connectivity index (χ4v) is 1.22. The molecule has 0 spiro atoms. The van der Waals surface area contributed by atoms with Crippen molar-refractivity contribution >= 4 is 5.97 Å². The number of ether oxygens (including phenoxy) is 1. The van der Waals surface area contributed by atoms with Gasteiger partial charge in [-0.1, -0.05) is 13.8 Å². The van der Waals surface area contributed by atoms with Gasteiger partial charge in [-0.25, -0.2) is 0 Å². The minimum atomic E-state index is -4.81. The van der Waals surface area contributed by atoms with E-state index < -0.39 is 35.7 Å². The van der Waals surface area contributed by atoms with Gasteiger partial charge < -0.3 is 9.84 Å². The van der Waals surface area contributed by atoms with Crippen LogP contribution in [-0.4, -0.2) is 29.0 Å². The number of alkyl halides is 3. The van der Waals surface area contributed by atoms with E-state index >= 15 is 0 Å². The van der Waals surface area contributed by atoms with E-state index in [4.69, 9.17) is 0 Å². The molecule has 3 nitrogen and oxygen atoms in total. The van der Waals surface area contributed by atoms with Crippen molar-refractivity contribution in [3.63, 3.8) is 0 Å². The molecule has 0 amide bonds. The van der Waals surface area contributed by atoms with Gasteiger partial charge in [-0.3, -0.25) is 4.79 Å². The maximum atomic E-state index is 12.7. The molecule has 0 radical (unpaired) electrons. The standard InChI is InChI=1S/C11H19F3O3/c1-6(2)8(15)7(11(12,13)14)9(16)17-10(3,4)5/h6-8,15H,1-5H3/t7-,8-/m1/s1. The third-order valence-electron chi connectivity index (χ3n) is 2.04. The molecule has 0 unspecified atom stereocenters. The molecule has 102 valence electrons. The predicted molar refractivity (Wildman–Crippen MR) is 56.2 cm³/mol. The number of hydrogen-bond acceptors (Lipinski definition) is 3.